The summed E-state index contributed by atoms with van der Waals surface area (Å²) in [4.78, 5) is 25.8. The fraction of sp³-hybridized carbons (Fsp3) is 0.300. The highest BCUT2D eigenvalue weighted by atomic mass is 16.7. The van der Waals surface area contributed by atoms with Crippen molar-refractivity contribution in [3.05, 3.63) is 47.5 Å². The van der Waals surface area contributed by atoms with Crippen LogP contribution in [0.5, 0.6) is 11.5 Å². The number of anilines is 2. The van der Waals surface area contributed by atoms with E-state index in [-0.39, 0.29) is 19.4 Å². The molecule has 2 aliphatic heterocycles. The average molecular weight is 383 g/mol. The zero-order valence-corrected chi connectivity index (χ0v) is 15.7. The van der Waals surface area contributed by atoms with E-state index in [1.165, 1.54) is 4.90 Å². The summed E-state index contributed by atoms with van der Waals surface area (Å²) in [5, 5.41) is 5.52. The Labute approximate surface area is 162 Å². The van der Waals surface area contributed by atoms with Crippen LogP contribution in [0.25, 0.3) is 0 Å². The first-order valence-electron chi connectivity index (χ1n) is 8.99. The quantitative estimate of drug-likeness (QED) is 0.847. The lowest BCUT2D eigenvalue weighted by Gasteiger charge is -2.14. The van der Waals surface area contributed by atoms with Crippen molar-refractivity contribution < 1.29 is 23.8 Å². The molecule has 0 bridgehead atoms. The van der Waals surface area contributed by atoms with E-state index in [2.05, 4.69) is 10.6 Å². The average Bonchev–Trinajstić information content (AvgIpc) is 3.28. The topological polar surface area (TPSA) is 89.1 Å². The van der Waals surface area contributed by atoms with Crippen molar-refractivity contribution in [2.24, 2.45) is 0 Å². The van der Waals surface area contributed by atoms with E-state index in [4.69, 9.17) is 14.2 Å². The van der Waals surface area contributed by atoms with Gasteiger partial charge in [0, 0.05) is 11.8 Å². The Hall–Kier alpha value is -3.42. The Morgan fingerprint density at radius 3 is 2.75 bits per heavy atom. The van der Waals surface area contributed by atoms with Gasteiger partial charge >= 0.3 is 12.1 Å². The van der Waals surface area contributed by atoms with E-state index < -0.39 is 12.2 Å². The number of urea groups is 1. The molecule has 1 saturated heterocycles. The first-order chi connectivity index (χ1) is 13.5. The fourth-order valence-corrected chi connectivity index (χ4v) is 3.09. The van der Waals surface area contributed by atoms with E-state index in [1.54, 1.807) is 18.2 Å². The molecule has 146 valence electrons. The summed E-state index contributed by atoms with van der Waals surface area (Å²) in [6.45, 7) is 4.72. The Kier molecular flexibility index (Phi) is 4.68. The normalized spacial score (nSPS) is 17.4. The van der Waals surface area contributed by atoms with Crippen molar-refractivity contribution in [3.63, 3.8) is 0 Å². The van der Waals surface area contributed by atoms with Crippen LogP contribution in [0.1, 0.15) is 11.1 Å². The van der Waals surface area contributed by atoms with Crippen LogP contribution in [0.2, 0.25) is 0 Å². The molecule has 0 unspecified atom stereocenters. The van der Waals surface area contributed by atoms with Crippen molar-refractivity contribution in [2.75, 3.05) is 30.1 Å². The van der Waals surface area contributed by atoms with Crippen molar-refractivity contribution in [2.45, 2.75) is 20.0 Å². The molecule has 8 heteroatoms. The summed E-state index contributed by atoms with van der Waals surface area (Å²) in [5.74, 6) is 1.25. The van der Waals surface area contributed by atoms with Crippen LogP contribution in [0.15, 0.2) is 36.4 Å². The molecule has 0 saturated carbocycles. The fourth-order valence-electron chi connectivity index (χ4n) is 3.09. The smallest absolute Gasteiger partial charge is 0.414 e. The van der Waals surface area contributed by atoms with Crippen molar-refractivity contribution in [3.8, 4) is 11.5 Å². The van der Waals surface area contributed by atoms with E-state index >= 15 is 0 Å². The van der Waals surface area contributed by atoms with Crippen molar-refractivity contribution in [1.82, 2.24) is 5.32 Å². The number of fused-ring (bicyclic) bond motifs is 1. The number of ether oxygens (including phenoxy) is 3. The zero-order chi connectivity index (χ0) is 19.7. The number of hydrogen-bond donors (Lipinski definition) is 2. The summed E-state index contributed by atoms with van der Waals surface area (Å²) in [6, 6.07) is 10.6. The minimum Gasteiger partial charge on any atom is -0.454 e. The lowest BCUT2D eigenvalue weighted by Crippen LogP contribution is -2.37. The molecule has 1 atom stereocenters. The number of nitrogens with zero attached hydrogens (tertiary/aromatic N) is 1. The van der Waals surface area contributed by atoms with Gasteiger partial charge in [0.25, 0.3) is 0 Å². The first-order valence-corrected chi connectivity index (χ1v) is 8.99. The SMILES string of the molecule is Cc1ccc(NC(=O)NC[C@H]2CN(c3ccc4c(c3)OCO4)C(=O)O2)cc1C. The van der Waals surface area contributed by atoms with Gasteiger partial charge in [-0.15, -0.1) is 0 Å². The number of cyclic esters (lactones) is 1. The maximum Gasteiger partial charge on any atom is 0.414 e. The molecule has 2 N–H and O–H groups in total. The summed E-state index contributed by atoms with van der Waals surface area (Å²) in [5.41, 5.74) is 3.64. The molecule has 2 aliphatic rings. The summed E-state index contributed by atoms with van der Waals surface area (Å²) in [6.07, 6.45) is -0.899. The molecule has 3 amide bonds. The number of hydrogen-bond acceptors (Lipinski definition) is 5. The second-order valence-electron chi connectivity index (χ2n) is 6.79. The molecular formula is C20H21N3O5. The van der Waals surface area contributed by atoms with Crippen LogP contribution in [-0.4, -0.2) is 38.1 Å². The van der Waals surface area contributed by atoms with Gasteiger partial charge in [-0.1, -0.05) is 6.07 Å². The standard InChI is InChI=1S/C20H21N3O5/c1-12-3-4-14(7-13(12)2)22-19(24)21-9-16-10-23(20(25)28-16)15-5-6-17-18(8-15)27-11-26-17/h3-8,16H,9-11H2,1-2H3,(H2,21,22,24)/t16-/m0/s1. The summed E-state index contributed by atoms with van der Waals surface area (Å²) in [7, 11) is 0. The molecule has 1 fully saturated rings. The molecule has 4 rings (SSSR count). The third kappa shape index (κ3) is 3.66. The highest BCUT2D eigenvalue weighted by molar-refractivity contribution is 5.91. The third-order valence-corrected chi connectivity index (χ3v) is 4.80. The molecule has 2 heterocycles. The van der Waals surface area contributed by atoms with E-state index in [9.17, 15) is 9.59 Å². The number of aryl methyl sites for hydroxylation is 2. The zero-order valence-electron chi connectivity index (χ0n) is 15.7. The second-order valence-corrected chi connectivity index (χ2v) is 6.79. The number of carbonyl (C=O) groups is 2. The molecule has 0 spiro atoms. The first kappa shape index (κ1) is 18.0. The Morgan fingerprint density at radius 1 is 1.11 bits per heavy atom. The molecule has 0 aromatic heterocycles. The predicted molar refractivity (Wildman–Crippen MR) is 103 cm³/mol. The molecule has 2 aromatic rings. The third-order valence-electron chi connectivity index (χ3n) is 4.80. The number of nitrogens with one attached hydrogen (secondary N) is 2. The van der Waals surface area contributed by atoms with Gasteiger partial charge in [-0.3, -0.25) is 4.90 Å². The molecule has 0 aliphatic carbocycles. The van der Waals surface area contributed by atoms with E-state index in [0.717, 1.165) is 11.1 Å². The van der Waals surface area contributed by atoms with Gasteiger partial charge in [-0.2, -0.15) is 0 Å². The van der Waals surface area contributed by atoms with Gasteiger partial charge in [0.2, 0.25) is 6.79 Å². The molecule has 8 nitrogen and oxygen atoms in total. The van der Waals surface area contributed by atoms with Gasteiger partial charge in [0.15, 0.2) is 11.5 Å². The number of amides is 3. The van der Waals surface area contributed by atoms with Gasteiger partial charge < -0.3 is 24.8 Å². The summed E-state index contributed by atoms with van der Waals surface area (Å²) >= 11 is 0. The van der Waals surface area contributed by atoms with Crippen LogP contribution < -0.4 is 25.0 Å². The van der Waals surface area contributed by atoms with Gasteiger partial charge in [-0.25, -0.2) is 9.59 Å². The second kappa shape index (κ2) is 7.30. The van der Waals surface area contributed by atoms with Crippen LogP contribution >= 0.6 is 0 Å². The van der Waals surface area contributed by atoms with E-state index in [0.29, 0.717) is 29.4 Å². The number of benzene rings is 2. The van der Waals surface area contributed by atoms with Crippen LogP contribution in [0.3, 0.4) is 0 Å². The Balaban J connectivity index is 1.32. The monoisotopic (exact) mass is 383 g/mol. The Morgan fingerprint density at radius 2 is 1.93 bits per heavy atom. The predicted octanol–water partition coefficient (Wildman–Crippen LogP) is 3.18. The largest absolute Gasteiger partial charge is 0.454 e. The highest BCUT2D eigenvalue weighted by Crippen LogP contribution is 2.36. The van der Waals surface area contributed by atoms with Crippen molar-refractivity contribution >= 4 is 23.5 Å². The number of carbonyl (C=O) groups excluding carboxylic acids is 2. The Bertz CT molecular complexity index is 930. The molecular weight excluding hydrogens is 362 g/mol. The summed E-state index contributed by atoms with van der Waals surface area (Å²) < 4.78 is 16.0. The van der Waals surface area contributed by atoms with E-state index in [1.807, 2.05) is 32.0 Å². The number of rotatable bonds is 4. The molecule has 2 aromatic carbocycles. The van der Waals surface area contributed by atoms with Crippen LogP contribution in [0, 0.1) is 13.8 Å². The molecule has 0 radical (unpaired) electrons. The minimum absolute atomic E-state index is 0.172. The highest BCUT2D eigenvalue weighted by Gasteiger charge is 2.33. The lowest BCUT2D eigenvalue weighted by molar-refractivity contribution is 0.141. The van der Waals surface area contributed by atoms with Gasteiger partial charge in [0.1, 0.15) is 6.10 Å². The van der Waals surface area contributed by atoms with Crippen molar-refractivity contribution in [1.29, 1.82) is 0 Å². The molecule has 28 heavy (non-hydrogen) atoms. The van der Waals surface area contributed by atoms with Gasteiger partial charge in [0.05, 0.1) is 18.8 Å². The van der Waals surface area contributed by atoms with Crippen LogP contribution in [0.4, 0.5) is 21.0 Å². The maximum absolute atomic E-state index is 12.2. The lowest BCUT2D eigenvalue weighted by atomic mass is 10.1. The van der Waals surface area contributed by atoms with Crippen LogP contribution in [-0.2, 0) is 4.74 Å². The minimum atomic E-state index is -0.458. The van der Waals surface area contributed by atoms with Gasteiger partial charge in [-0.05, 0) is 49.2 Å². The maximum atomic E-state index is 12.2.